The molecular weight excluding hydrogens is 332 g/mol. The number of carbonyl (C=O) groups is 1. The molecule has 9 heteroatoms. The maximum absolute atomic E-state index is 12.8. The molecule has 2 aromatic rings. The lowest BCUT2D eigenvalue weighted by molar-refractivity contribution is -0.140. The Morgan fingerprint density at radius 3 is 2.18 bits per heavy atom. The van der Waals surface area contributed by atoms with Crippen LogP contribution >= 0.6 is 11.3 Å². The third kappa shape index (κ3) is 3.59. The first-order valence-electron chi connectivity index (χ1n) is 5.72. The lowest BCUT2D eigenvalue weighted by Gasteiger charge is -2.16. The third-order valence-corrected chi connectivity index (χ3v) is 3.51. The summed E-state index contributed by atoms with van der Waals surface area (Å²) in [4.78, 5) is 11.9. The van der Waals surface area contributed by atoms with Gasteiger partial charge in [0, 0.05) is 0 Å². The zero-order valence-corrected chi connectivity index (χ0v) is 11.4. The molecule has 22 heavy (non-hydrogen) atoms. The molecule has 1 aromatic heterocycles. The van der Waals surface area contributed by atoms with E-state index in [9.17, 15) is 31.1 Å². The number of rotatable bonds is 2. The summed E-state index contributed by atoms with van der Waals surface area (Å²) in [5.41, 5.74) is -3.55. The van der Waals surface area contributed by atoms with Gasteiger partial charge in [0.1, 0.15) is 0 Å². The van der Waals surface area contributed by atoms with Gasteiger partial charge in [-0.3, -0.25) is 4.79 Å². The van der Waals surface area contributed by atoms with Gasteiger partial charge in [0.05, 0.1) is 21.7 Å². The van der Waals surface area contributed by atoms with Crippen LogP contribution in [0.3, 0.4) is 0 Å². The minimum atomic E-state index is -4.89. The molecule has 0 aliphatic rings. The molecule has 0 spiro atoms. The Morgan fingerprint density at radius 2 is 1.68 bits per heavy atom. The highest BCUT2D eigenvalue weighted by molar-refractivity contribution is 7.12. The first-order valence-corrected chi connectivity index (χ1v) is 6.60. The second-order valence-electron chi connectivity index (χ2n) is 4.19. The van der Waals surface area contributed by atoms with Crippen molar-refractivity contribution in [3.63, 3.8) is 0 Å². The highest BCUT2D eigenvalue weighted by Crippen LogP contribution is 2.39. The molecule has 118 valence electrons. The summed E-state index contributed by atoms with van der Waals surface area (Å²) in [6.45, 7) is 0. The van der Waals surface area contributed by atoms with Crippen LogP contribution < -0.4 is 5.32 Å². The predicted octanol–water partition coefficient (Wildman–Crippen LogP) is 5.04. The Morgan fingerprint density at radius 1 is 1.00 bits per heavy atom. The van der Waals surface area contributed by atoms with Crippen molar-refractivity contribution >= 4 is 22.9 Å². The van der Waals surface area contributed by atoms with Gasteiger partial charge in [0.25, 0.3) is 5.91 Å². The van der Waals surface area contributed by atoms with Crippen LogP contribution in [0.1, 0.15) is 20.8 Å². The summed E-state index contributed by atoms with van der Waals surface area (Å²) in [6.07, 6.45) is -9.70. The third-order valence-electron chi connectivity index (χ3n) is 2.65. The van der Waals surface area contributed by atoms with Crippen molar-refractivity contribution < 1.29 is 31.1 Å². The second kappa shape index (κ2) is 5.64. The van der Waals surface area contributed by atoms with Gasteiger partial charge in [-0.05, 0) is 29.6 Å². The van der Waals surface area contributed by atoms with E-state index in [4.69, 9.17) is 0 Å². The van der Waals surface area contributed by atoms with Crippen molar-refractivity contribution in [2.24, 2.45) is 0 Å². The standard InChI is InChI=1S/C13H7F6NOS/c14-12(15,16)7-3-4-8(13(17,18)19)9(6-7)20-11(21)10-2-1-5-22-10/h1-6H,(H,20,21). The molecule has 0 radical (unpaired) electrons. The fraction of sp³-hybridized carbons (Fsp3) is 0.154. The van der Waals surface area contributed by atoms with Crippen LogP contribution in [-0.4, -0.2) is 5.91 Å². The molecule has 0 atom stereocenters. The summed E-state index contributed by atoms with van der Waals surface area (Å²) in [6, 6.07) is 3.74. The van der Waals surface area contributed by atoms with E-state index >= 15 is 0 Å². The van der Waals surface area contributed by atoms with E-state index < -0.39 is 35.1 Å². The molecule has 1 aromatic carbocycles. The van der Waals surface area contributed by atoms with Crippen LogP contribution in [0.4, 0.5) is 32.0 Å². The van der Waals surface area contributed by atoms with Crippen molar-refractivity contribution in [1.82, 2.24) is 0 Å². The highest BCUT2D eigenvalue weighted by Gasteiger charge is 2.37. The zero-order valence-electron chi connectivity index (χ0n) is 10.5. The normalized spacial score (nSPS) is 12.3. The zero-order chi connectivity index (χ0) is 16.5. The first kappa shape index (κ1) is 16.3. The molecule has 0 aliphatic carbocycles. The number of benzene rings is 1. The van der Waals surface area contributed by atoms with Crippen molar-refractivity contribution in [3.8, 4) is 0 Å². The molecule has 2 nitrogen and oxygen atoms in total. The summed E-state index contributed by atoms with van der Waals surface area (Å²) in [5.74, 6) is -0.903. The minimum absolute atomic E-state index is 0.0885. The molecule has 0 aliphatic heterocycles. The Balaban J connectivity index is 2.44. The smallest absolute Gasteiger partial charge is 0.321 e. The molecule has 0 saturated carbocycles. The number of hydrogen-bond donors (Lipinski definition) is 1. The number of carbonyl (C=O) groups excluding carboxylic acids is 1. The average molecular weight is 339 g/mol. The molecule has 0 unspecified atom stereocenters. The van der Waals surface area contributed by atoms with Gasteiger partial charge in [0.15, 0.2) is 0 Å². The summed E-state index contributed by atoms with van der Waals surface area (Å²) in [5, 5.41) is 3.40. The van der Waals surface area contributed by atoms with Crippen LogP contribution in [-0.2, 0) is 12.4 Å². The highest BCUT2D eigenvalue weighted by atomic mass is 32.1. The van der Waals surface area contributed by atoms with Crippen molar-refractivity contribution in [1.29, 1.82) is 0 Å². The topological polar surface area (TPSA) is 29.1 Å². The van der Waals surface area contributed by atoms with Crippen molar-refractivity contribution in [2.75, 3.05) is 5.32 Å². The Hall–Kier alpha value is -2.03. The molecule has 0 saturated heterocycles. The van der Waals surface area contributed by atoms with Crippen molar-refractivity contribution in [3.05, 3.63) is 51.7 Å². The monoisotopic (exact) mass is 339 g/mol. The van der Waals surface area contributed by atoms with Crippen molar-refractivity contribution in [2.45, 2.75) is 12.4 Å². The Kier molecular flexibility index (Phi) is 4.19. The predicted molar refractivity (Wildman–Crippen MR) is 68.7 cm³/mol. The fourth-order valence-corrected chi connectivity index (χ4v) is 2.28. The summed E-state index contributed by atoms with van der Waals surface area (Å²) in [7, 11) is 0. The molecule has 0 fully saturated rings. The molecule has 1 N–H and O–H groups in total. The van der Waals surface area contributed by atoms with Gasteiger partial charge in [-0.25, -0.2) is 0 Å². The van der Waals surface area contributed by atoms with Gasteiger partial charge < -0.3 is 5.32 Å². The van der Waals surface area contributed by atoms with Crippen LogP contribution in [0.15, 0.2) is 35.7 Å². The minimum Gasteiger partial charge on any atom is -0.321 e. The SMILES string of the molecule is O=C(Nc1cc(C(F)(F)F)ccc1C(F)(F)F)c1cccs1. The largest absolute Gasteiger partial charge is 0.418 e. The maximum Gasteiger partial charge on any atom is 0.418 e. The first-order chi connectivity index (χ1) is 10.1. The van der Waals surface area contributed by atoms with E-state index in [-0.39, 0.29) is 10.9 Å². The van der Waals surface area contributed by atoms with E-state index in [1.54, 1.807) is 0 Å². The van der Waals surface area contributed by atoms with Crippen LogP contribution in [0.25, 0.3) is 0 Å². The Bertz CT molecular complexity index is 675. The number of nitrogens with one attached hydrogen (secondary N) is 1. The number of alkyl halides is 6. The fourth-order valence-electron chi connectivity index (χ4n) is 1.66. The van der Waals surface area contributed by atoms with Gasteiger partial charge in [-0.2, -0.15) is 26.3 Å². The van der Waals surface area contributed by atoms with E-state index in [0.717, 1.165) is 11.3 Å². The van der Waals surface area contributed by atoms with Gasteiger partial charge >= 0.3 is 12.4 Å². The summed E-state index contributed by atoms with van der Waals surface area (Å²) >= 11 is 0.958. The molecule has 1 amide bonds. The molecule has 0 bridgehead atoms. The van der Waals surface area contributed by atoms with E-state index in [1.165, 1.54) is 17.5 Å². The van der Waals surface area contributed by atoms with E-state index in [2.05, 4.69) is 0 Å². The quantitative estimate of drug-likeness (QED) is 0.763. The van der Waals surface area contributed by atoms with Crippen LogP contribution in [0, 0.1) is 0 Å². The van der Waals surface area contributed by atoms with Gasteiger partial charge in [0.2, 0.25) is 0 Å². The lowest BCUT2D eigenvalue weighted by Crippen LogP contribution is -2.17. The molecule has 1 heterocycles. The van der Waals surface area contributed by atoms with Gasteiger partial charge in [-0.15, -0.1) is 11.3 Å². The number of halogens is 6. The van der Waals surface area contributed by atoms with Gasteiger partial charge in [-0.1, -0.05) is 6.07 Å². The number of amides is 1. The number of anilines is 1. The maximum atomic E-state index is 12.8. The van der Waals surface area contributed by atoms with E-state index in [0.29, 0.717) is 12.1 Å². The lowest BCUT2D eigenvalue weighted by atomic mass is 10.1. The van der Waals surface area contributed by atoms with Crippen LogP contribution in [0.2, 0.25) is 0 Å². The Labute approximate surface area is 124 Å². The summed E-state index contributed by atoms with van der Waals surface area (Å²) < 4.78 is 76.4. The van der Waals surface area contributed by atoms with E-state index in [1.807, 2.05) is 5.32 Å². The second-order valence-corrected chi connectivity index (χ2v) is 5.14. The number of thiophene rings is 1. The molecule has 2 rings (SSSR count). The molecular formula is C13H7F6NOS. The van der Waals surface area contributed by atoms with Crippen LogP contribution in [0.5, 0.6) is 0 Å². The average Bonchev–Trinajstić information content (AvgIpc) is 2.90. The number of hydrogen-bond acceptors (Lipinski definition) is 2.